The lowest BCUT2D eigenvalue weighted by atomic mass is 10.2. The van der Waals surface area contributed by atoms with E-state index in [0.717, 1.165) is 35.7 Å². The van der Waals surface area contributed by atoms with Crippen LogP contribution in [0.1, 0.15) is 25.7 Å². The molecule has 1 fully saturated rings. The van der Waals surface area contributed by atoms with Crippen molar-refractivity contribution in [3.05, 3.63) is 84.1 Å². The predicted molar refractivity (Wildman–Crippen MR) is 120 cm³/mol. The Bertz CT molecular complexity index is 1190. The fourth-order valence-electron chi connectivity index (χ4n) is 3.96. The molecule has 1 aliphatic rings. The highest BCUT2D eigenvalue weighted by Crippen LogP contribution is 2.24. The van der Waals surface area contributed by atoms with Gasteiger partial charge in [-0.1, -0.05) is 0 Å². The zero-order valence-corrected chi connectivity index (χ0v) is 17.7. The number of rotatable bonds is 8. The average molecular weight is 431 g/mol. The first-order valence-corrected chi connectivity index (χ1v) is 10.9. The third-order valence-corrected chi connectivity index (χ3v) is 5.70. The summed E-state index contributed by atoms with van der Waals surface area (Å²) in [5, 5.41) is 7.53. The molecule has 0 saturated heterocycles. The smallest absolute Gasteiger partial charge is 0.337 e. The van der Waals surface area contributed by atoms with Gasteiger partial charge in [0.05, 0.1) is 24.0 Å². The number of hydrogen-bond donors (Lipinski definition) is 0. The van der Waals surface area contributed by atoms with E-state index in [2.05, 4.69) is 10.2 Å². The summed E-state index contributed by atoms with van der Waals surface area (Å²) >= 11 is 0. The van der Waals surface area contributed by atoms with Crippen LogP contribution in [0.15, 0.2) is 78.4 Å². The summed E-state index contributed by atoms with van der Waals surface area (Å²) in [6, 6.07) is 15.2. The van der Waals surface area contributed by atoms with Gasteiger partial charge in [0.15, 0.2) is 0 Å². The third-order valence-electron chi connectivity index (χ3n) is 5.70. The van der Waals surface area contributed by atoms with Crippen molar-refractivity contribution >= 4 is 0 Å². The van der Waals surface area contributed by atoms with Gasteiger partial charge < -0.3 is 14.0 Å². The molecule has 0 bridgehead atoms. The van der Waals surface area contributed by atoms with E-state index in [0.29, 0.717) is 19.3 Å². The molecular formula is C24H25N5O3. The molecule has 2 heterocycles. The first-order chi connectivity index (χ1) is 15.8. The number of ether oxygens (including phenoxy) is 2. The van der Waals surface area contributed by atoms with Crippen LogP contribution in [-0.2, 0) is 6.54 Å². The third kappa shape index (κ3) is 4.44. The molecule has 0 atom stereocenters. The molecule has 0 radical (unpaired) electrons. The highest BCUT2D eigenvalue weighted by Gasteiger charge is 2.16. The van der Waals surface area contributed by atoms with Gasteiger partial charge >= 0.3 is 5.69 Å². The van der Waals surface area contributed by atoms with Gasteiger partial charge in [-0.3, -0.25) is 9.13 Å². The van der Waals surface area contributed by atoms with E-state index in [1.54, 1.807) is 34.2 Å². The van der Waals surface area contributed by atoms with E-state index >= 15 is 0 Å². The quantitative estimate of drug-likeness (QED) is 0.426. The topological polar surface area (TPSA) is 76.1 Å². The van der Waals surface area contributed by atoms with E-state index in [1.165, 1.54) is 12.8 Å². The summed E-state index contributed by atoms with van der Waals surface area (Å²) in [7, 11) is 0. The second-order valence-electron chi connectivity index (χ2n) is 7.88. The van der Waals surface area contributed by atoms with E-state index in [4.69, 9.17) is 9.47 Å². The molecule has 32 heavy (non-hydrogen) atoms. The number of aromatic nitrogens is 5. The molecule has 4 aromatic rings. The fourth-order valence-corrected chi connectivity index (χ4v) is 3.96. The van der Waals surface area contributed by atoms with Crippen LogP contribution in [0.5, 0.6) is 11.5 Å². The van der Waals surface area contributed by atoms with Gasteiger partial charge in [0.2, 0.25) is 0 Å². The van der Waals surface area contributed by atoms with Crippen molar-refractivity contribution in [1.82, 2.24) is 23.9 Å². The molecule has 2 aromatic carbocycles. The average Bonchev–Trinajstić information content (AvgIpc) is 3.58. The summed E-state index contributed by atoms with van der Waals surface area (Å²) in [6.45, 7) is 1.18. The first kappa shape index (κ1) is 20.1. The van der Waals surface area contributed by atoms with E-state index in [9.17, 15) is 4.79 Å². The zero-order chi connectivity index (χ0) is 21.8. The summed E-state index contributed by atoms with van der Waals surface area (Å²) in [6.07, 6.45) is 11.9. The Morgan fingerprint density at radius 1 is 0.812 bits per heavy atom. The normalized spacial score (nSPS) is 14.0. The zero-order valence-electron chi connectivity index (χ0n) is 17.7. The predicted octanol–water partition coefficient (Wildman–Crippen LogP) is 3.62. The maximum atomic E-state index is 13.0. The monoisotopic (exact) mass is 431 g/mol. The number of hydrogen-bond acceptors (Lipinski definition) is 5. The van der Waals surface area contributed by atoms with Crippen molar-refractivity contribution in [2.75, 3.05) is 6.61 Å². The molecule has 0 aliphatic heterocycles. The van der Waals surface area contributed by atoms with Crippen LogP contribution in [-0.4, -0.2) is 36.6 Å². The molecule has 0 spiro atoms. The van der Waals surface area contributed by atoms with Gasteiger partial charge in [0.1, 0.15) is 30.8 Å². The minimum absolute atomic E-state index is 0.129. The Kier molecular flexibility index (Phi) is 5.74. The van der Waals surface area contributed by atoms with Crippen molar-refractivity contribution < 1.29 is 9.47 Å². The second-order valence-corrected chi connectivity index (χ2v) is 7.88. The van der Waals surface area contributed by atoms with Crippen molar-refractivity contribution in [3.63, 3.8) is 0 Å². The van der Waals surface area contributed by atoms with Crippen LogP contribution in [0.2, 0.25) is 0 Å². The molecule has 1 aliphatic carbocycles. The van der Waals surface area contributed by atoms with Crippen LogP contribution in [0.3, 0.4) is 0 Å². The van der Waals surface area contributed by atoms with Crippen LogP contribution < -0.4 is 15.2 Å². The minimum Gasteiger partial charge on any atom is -0.492 e. The Hall–Kier alpha value is -3.81. The standard InChI is InChI=1S/C24H25N5O3/c30-24-28(19-5-9-21(10-6-19)31-16-15-27-17-25-26-18-27)13-14-29(24)20-7-11-23(12-8-20)32-22-3-1-2-4-22/h5-14,17-18,22H,1-4,15-16H2. The summed E-state index contributed by atoms with van der Waals surface area (Å²) < 4.78 is 16.9. The Balaban J connectivity index is 1.24. The molecule has 1 saturated carbocycles. The van der Waals surface area contributed by atoms with Gasteiger partial charge in [-0.25, -0.2) is 4.79 Å². The first-order valence-electron chi connectivity index (χ1n) is 10.9. The lowest BCUT2D eigenvalue weighted by Crippen LogP contribution is -2.21. The van der Waals surface area contributed by atoms with Crippen molar-refractivity contribution in [2.24, 2.45) is 0 Å². The van der Waals surface area contributed by atoms with E-state index in [1.807, 2.05) is 53.1 Å². The highest BCUT2D eigenvalue weighted by molar-refractivity contribution is 5.40. The number of nitrogens with zero attached hydrogens (tertiary/aromatic N) is 5. The van der Waals surface area contributed by atoms with Crippen molar-refractivity contribution in [3.8, 4) is 22.9 Å². The van der Waals surface area contributed by atoms with E-state index in [-0.39, 0.29) is 5.69 Å². The van der Waals surface area contributed by atoms with Gasteiger partial charge in [-0.15, -0.1) is 10.2 Å². The Morgan fingerprint density at radius 3 is 1.97 bits per heavy atom. The Labute approximate surface area is 185 Å². The number of imidazole rings is 1. The van der Waals surface area contributed by atoms with Crippen LogP contribution in [0.4, 0.5) is 0 Å². The Morgan fingerprint density at radius 2 is 1.38 bits per heavy atom. The number of benzene rings is 2. The van der Waals surface area contributed by atoms with Gasteiger partial charge in [0, 0.05) is 12.4 Å². The van der Waals surface area contributed by atoms with Gasteiger partial charge in [0.25, 0.3) is 0 Å². The van der Waals surface area contributed by atoms with Crippen LogP contribution >= 0.6 is 0 Å². The molecule has 5 rings (SSSR count). The second kappa shape index (κ2) is 9.13. The maximum absolute atomic E-state index is 13.0. The SMILES string of the molecule is O=c1n(-c2ccc(OCCn3cnnc3)cc2)ccn1-c1ccc(OC2CCCC2)cc1. The maximum Gasteiger partial charge on any atom is 0.337 e. The summed E-state index contributed by atoms with van der Waals surface area (Å²) in [4.78, 5) is 13.0. The molecule has 0 amide bonds. The van der Waals surface area contributed by atoms with Crippen molar-refractivity contribution in [2.45, 2.75) is 38.3 Å². The summed E-state index contributed by atoms with van der Waals surface area (Å²) in [5.41, 5.74) is 1.46. The van der Waals surface area contributed by atoms with Gasteiger partial charge in [-0.05, 0) is 74.2 Å². The molecule has 164 valence electrons. The largest absolute Gasteiger partial charge is 0.492 e. The molecule has 0 N–H and O–H groups in total. The molecule has 8 heteroatoms. The van der Waals surface area contributed by atoms with Crippen molar-refractivity contribution in [1.29, 1.82) is 0 Å². The lowest BCUT2D eigenvalue weighted by Gasteiger charge is -2.13. The molecule has 2 aromatic heterocycles. The fraction of sp³-hybridized carbons (Fsp3) is 0.292. The molecule has 0 unspecified atom stereocenters. The van der Waals surface area contributed by atoms with Gasteiger partial charge in [-0.2, -0.15) is 0 Å². The summed E-state index contributed by atoms with van der Waals surface area (Å²) in [5.74, 6) is 1.60. The molecule has 8 nitrogen and oxygen atoms in total. The lowest BCUT2D eigenvalue weighted by molar-refractivity contribution is 0.210. The molecular weight excluding hydrogens is 406 g/mol. The van der Waals surface area contributed by atoms with Crippen LogP contribution in [0.25, 0.3) is 11.4 Å². The minimum atomic E-state index is -0.129. The van der Waals surface area contributed by atoms with E-state index < -0.39 is 0 Å². The highest BCUT2D eigenvalue weighted by atomic mass is 16.5. The van der Waals surface area contributed by atoms with Crippen LogP contribution in [0, 0.1) is 0 Å².